The Morgan fingerprint density at radius 2 is 1.90 bits per heavy atom. The Balaban J connectivity index is 1.57. The molecule has 13 atom stereocenters. The molecule has 3 N–H and O–H groups in total. The molecule has 1 aromatic heterocycles. The molecule has 7 rings (SSSR count). The number of cyclic esters (lactones) is 1. The number of carbonyl (C=O) groups excluding carboxylic acids is 3. The van der Waals surface area contributed by atoms with Crippen molar-refractivity contribution in [2.75, 3.05) is 14.2 Å². The summed E-state index contributed by atoms with van der Waals surface area (Å²) in [5.74, 6) is -7.14. The second-order valence-electron chi connectivity index (χ2n) is 14.0. The Morgan fingerprint density at radius 3 is 2.50 bits per heavy atom. The van der Waals surface area contributed by atoms with Crippen molar-refractivity contribution in [3.05, 3.63) is 24.2 Å². The second-order valence-corrected chi connectivity index (χ2v) is 14.0. The number of methoxy groups -OCH3 is 2. The average Bonchev–Trinajstić information content (AvgIpc) is 3.61. The van der Waals surface area contributed by atoms with Crippen molar-refractivity contribution >= 4 is 17.9 Å². The molecule has 4 aliphatic carbocycles. The smallest absolute Gasteiger partial charge is 0.335 e. The highest BCUT2D eigenvalue weighted by atomic mass is 16.7. The van der Waals surface area contributed by atoms with Crippen LogP contribution in [0.1, 0.15) is 65.0 Å². The maximum atomic E-state index is 13.5. The van der Waals surface area contributed by atoms with Gasteiger partial charge in [0.15, 0.2) is 6.10 Å². The van der Waals surface area contributed by atoms with Crippen molar-refractivity contribution < 1.29 is 57.8 Å². The summed E-state index contributed by atoms with van der Waals surface area (Å²) >= 11 is 0. The molecule has 0 amide bonds. The van der Waals surface area contributed by atoms with Gasteiger partial charge in [-0.1, -0.05) is 20.8 Å². The first-order valence-electron chi connectivity index (χ1n) is 14.4. The maximum absolute atomic E-state index is 13.5. The third-order valence-electron chi connectivity index (χ3n) is 12.8. The molecule has 230 valence electrons. The summed E-state index contributed by atoms with van der Waals surface area (Å²) in [6.45, 7) is 6.67. The van der Waals surface area contributed by atoms with Gasteiger partial charge < -0.3 is 43.4 Å². The Hall–Kier alpha value is -2.51. The number of rotatable bonds is 5. The molecule has 2 aliphatic heterocycles. The lowest BCUT2D eigenvalue weighted by molar-refractivity contribution is -0.369. The van der Waals surface area contributed by atoms with Crippen molar-refractivity contribution in [1.29, 1.82) is 0 Å². The van der Waals surface area contributed by atoms with Crippen LogP contribution in [0.15, 0.2) is 23.0 Å². The van der Waals surface area contributed by atoms with Gasteiger partial charge in [0.25, 0.3) is 0 Å². The lowest BCUT2D eigenvalue weighted by atomic mass is 9.45. The van der Waals surface area contributed by atoms with E-state index >= 15 is 0 Å². The van der Waals surface area contributed by atoms with Crippen molar-refractivity contribution in [2.24, 2.45) is 34.0 Å². The first-order valence-corrected chi connectivity index (χ1v) is 14.4. The van der Waals surface area contributed by atoms with Crippen LogP contribution in [0.5, 0.6) is 0 Å². The van der Waals surface area contributed by atoms with E-state index in [0.717, 1.165) is 7.11 Å². The third-order valence-corrected chi connectivity index (χ3v) is 12.8. The number of aliphatic hydroxyl groups excluding tert-OH is 2. The molecule has 6 fully saturated rings. The molecule has 2 saturated heterocycles. The number of furan rings is 1. The van der Waals surface area contributed by atoms with Crippen molar-refractivity contribution in [3.63, 3.8) is 0 Å². The summed E-state index contributed by atoms with van der Waals surface area (Å²) in [7, 11) is 2.51. The van der Waals surface area contributed by atoms with Crippen LogP contribution in [0.4, 0.5) is 0 Å². The van der Waals surface area contributed by atoms with E-state index in [2.05, 4.69) is 0 Å². The Morgan fingerprint density at radius 1 is 1.19 bits per heavy atom. The molecule has 4 saturated carbocycles. The molecule has 12 heteroatoms. The zero-order chi connectivity index (χ0) is 30.5. The van der Waals surface area contributed by atoms with Crippen LogP contribution in [0.2, 0.25) is 0 Å². The van der Waals surface area contributed by atoms with Crippen LogP contribution < -0.4 is 0 Å². The van der Waals surface area contributed by atoms with Crippen LogP contribution in [0.25, 0.3) is 0 Å². The van der Waals surface area contributed by atoms with Gasteiger partial charge in [-0.3, -0.25) is 9.59 Å². The maximum Gasteiger partial charge on any atom is 0.335 e. The van der Waals surface area contributed by atoms with E-state index in [1.54, 1.807) is 13.0 Å². The Labute approximate surface area is 242 Å². The van der Waals surface area contributed by atoms with Gasteiger partial charge in [0.2, 0.25) is 5.79 Å². The summed E-state index contributed by atoms with van der Waals surface area (Å²) in [6, 6.07) is 1.70. The van der Waals surface area contributed by atoms with E-state index in [9.17, 15) is 29.7 Å². The number of esters is 3. The molecule has 42 heavy (non-hydrogen) atoms. The molecule has 0 aromatic carbocycles. The van der Waals surface area contributed by atoms with Gasteiger partial charge in [0, 0.05) is 47.7 Å². The molecule has 1 aromatic rings. The third kappa shape index (κ3) is 2.53. The summed E-state index contributed by atoms with van der Waals surface area (Å²) in [5, 5.41) is 37.5. The molecule has 6 aliphatic rings. The van der Waals surface area contributed by atoms with Gasteiger partial charge in [-0.2, -0.15) is 0 Å². The summed E-state index contributed by atoms with van der Waals surface area (Å²) in [4.78, 5) is 39.5. The topological polar surface area (TPSA) is 171 Å². The minimum atomic E-state index is -1.98. The number of carbonyl (C=O) groups is 3. The van der Waals surface area contributed by atoms with Crippen LogP contribution in [-0.4, -0.2) is 82.2 Å². The molecule has 1 spiro atoms. The highest BCUT2D eigenvalue weighted by Crippen LogP contribution is 2.88. The van der Waals surface area contributed by atoms with Gasteiger partial charge in [0.05, 0.1) is 32.0 Å². The zero-order valence-corrected chi connectivity index (χ0v) is 24.5. The van der Waals surface area contributed by atoms with Gasteiger partial charge in [-0.15, -0.1) is 0 Å². The summed E-state index contributed by atoms with van der Waals surface area (Å²) < 4.78 is 35.7. The SMILES string of the molecule is COC(=O)[C@@H](O)[C@H]1[C@@]2(C)C[C@]3(OC(C)=O)[C@@H]4[C@@](OC)(O[C@]56CC(=O)O[C@@H](c7ccoc7)[C@]5(C)CCC([C@]13C)[C@]46O)[C@H]2O. The predicted octanol–water partition coefficient (Wildman–Crippen LogP) is 1.40. The van der Waals surface area contributed by atoms with E-state index in [0.29, 0.717) is 18.4 Å². The van der Waals surface area contributed by atoms with E-state index in [1.807, 2.05) is 13.8 Å². The molecule has 12 nitrogen and oxygen atoms in total. The fourth-order valence-electron chi connectivity index (χ4n) is 11.8. The first-order chi connectivity index (χ1) is 19.6. The van der Waals surface area contributed by atoms with E-state index < -0.39 is 92.8 Å². The van der Waals surface area contributed by atoms with Gasteiger partial charge in [-0.25, -0.2) is 4.79 Å². The quantitative estimate of drug-likeness (QED) is 0.333. The van der Waals surface area contributed by atoms with Gasteiger partial charge in [0.1, 0.15) is 29.0 Å². The second kappa shape index (κ2) is 7.95. The van der Waals surface area contributed by atoms with Crippen LogP contribution in [0, 0.1) is 34.0 Å². The Bertz CT molecular complexity index is 1380. The first kappa shape index (κ1) is 28.3. The molecular formula is C30H38O12. The number of fused-ring (bicyclic) bond motifs is 2. The van der Waals surface area contributed by atoms with Gasteiger partial charge in [-0.05, 0) is 25.3 Å². The van der Waals surface area contributed by atoms with Gasteiger partial charge >= 0.3 is 17.9 Å². The number of hydrogen-bond acceptors (Lipinski definition) is 12. The lowest BCUT2D eigenvalue weighted by Crippen LogP contribution is -2.73. The number of aliphatic hydroxyl groups is 3. The normalized spacial score (nSPS) is 53.7. The fourth-order valence-corrected chi connectivity index (χ4v) is 11.8. The van der Waals surface area contributed by atoms with E-state index in [-0.39, 0.29) is 12.8 Å². The summed E-state index contributed by atoms with van der Waals surface area (Å²) in [6.07, 6.45) is -0.776. The van der Waals surface area contributed by atoms with Crippen molar-refractivity contribution in [2.45, 2.75) is 94.3 Å². The molecule has 3 heterocycles. The van der Waals surface area contributed by atoms with Crippen molar-refractivity contribution in [3.8, 4) is 0 Å². The van der Waals surface area contributed by atoms with Crippen LogP contribution >= 0.6 is 0 Å². The average molecular weight is 591 g/mol. The van der Waals surface area contributed by atoms with Crippen LogP contribution in [0.3, 0.4) is 0 Å². The molecule has 1 unspecified atom stereocenters. The number of ether oxygens (including phenoxy) is 5. The monoisotopic (exact) mass is 590 g/mol. The number of hydrogen-bond donors (Lipinski definition) is 3. The predicted molar refractivity (Wildman–Crippen MR) is 138 cm³/mol. The highest BCUT2D eigenvalue weighted by molar-refractivity contribution is 5.76. The Kier molecular flexibility index (Phi) is 5.35. The summed E-state index contributed by atoms with van der Waals surface area (Å²) in [5.41, 5.74) is -8.23. The molecule has 0 radical (unpaired) electrons. The standard InChI is InChI=1S/C30H38O12/c1-14(31)41-27-13-24(2)19(18(33)21(34)37-5)26(27,4)16-7-9-25(3)20(15-8-10-39-12-15)40-17(32)11-28(25)29(16,36)22(27)30(38-6,42-28)23(24)35/h8,10,12,16,18-20,22-23,33,35-36H,7,9,11,13H2,1-6H3/t16?,18-,19-,20-,22-,23-,24+,25-,26+,27-,28+,29-,30+/m0/s1. The van der Waals surface area contributed by atoms with E-state index in [4.69, 9.17) is 28.1 Å². The fraction of sp³-hybridized carbons (Fsp3) is 0.767. The van der Waals surface area contributed by atoms with E-state index in [1.165, 1.54) is 26.6 Å². The minimum Gasteiger partial charge on any atom is -0.472 e. The highest BCUT2D eigenvalue weighted by Gasteiger charge is 3.00. The largest absolute Gasteiger partial charge is 0.472 e. The van der Waals surface area contributed by atoms with Crippen LogP contribution in [-0.2, 0) is 38.1 Å². The lowest BCUT2D eigenvalue weighted by Gasteiger charge is -2.63. The zero-order valence-electron chi connectivity index (χ0n) is 24.5. The minimum absolute atomic E-state index is 0.0102. The van der Waals surface area contributed by atoms with Crippen molar-refractivity contribution in [1.82, 2.24) is 0 Å². The molecular weight excluding hydrogens is 552 g/mol. The molecule has 2 bridgehead atoms.